The van der Waals surface area contributed by atoms with Gasteiger partial charge < -0.3 is 9.64 Å². The van der Waals surface area contributed by atoms with Crippen LogP contribution in [0, 0.1) is 0 Å². The van der Waals surface area contributed by atoms with Gasteiger partial charge in [-0.2, -0.15) is 15.4 Å². The topological polar surface area (TPSA) is 71.1 Å². The molecule has 0 aliphatic carbocycles. The second kappa shape index (κ2) is 6.27. The van der Waals surface area contributed by atoms with Crippen molar-refractivity contribution in [1.82, 2.24) is 20.3 Å². The molecule has 0 radical (unpaired) electrons. The molecule has 0 aromatic carbocycles. The van der Waals surface area contributed by atoms with Crippen molar-refractivity contribution < 1.29 is 9.53 Å². The summed E-state index contributed by atoms with van der Waals surface area (Å²) in [6, 6.07) is 3.97. The lowest BCUT2D eigenvalue weighted by molar-refractivity contribution is 0.0676. The highest BCUT2D eigenvalue weighted by Crippen LogP contribution is 2.13. The smallest absolute Gasteiger partial charge is 0.276 e. The number of nitrogens with zero attached hydrogens (tertiary/aromatic N) is 3. The predicted octanol–water partition coefficient (Wildman–Crippen LogP) is 1.16. The van der Waals surface area contributed by atoms with Gasteiger partial charge >= 0.3 is 0 Å². The number of aromatic amines is 1. The first-order chi connectivity index (χ1) is 8.81. The van der Waals surface area contributed by atoms with Gasteiger partial charge in [-0.15, -0.1) is 11.3 Å². The Bertz CT molecular complexity index is 469. The van der Waals surface area contributed by atoms with Crippen molar-refractivity contribution in [3.63, 3.8) is 0 Å². The van der Waals surface area contributed by atoms with Crippen LogP contribution in [0.25, 0.3) is 0 Å². The van der Waals surface area contributed by atoms with E-state index >= 15 is 0 Å². The lowest BCUT2D eigenvalue weighted by Crippen LogP contribution is -2.33. The van der Waals surface area contributed by atoms with Crippen LogP contribution in [0.2, 0.25) is 0 Å². The summed E-state index contributed by atoms with van der Waals surface area (Å²) < 4.78 is 5.02. The van der Waals surface area contributed by atoms with Crippen LogP contribution in [0.3, 0.4) is 0 Å². The van der Waals surface area contributed by atoms with E-state index in [0.717, 1.165) is 4.88 Å². The van der Waals surface area contributed by atoms with Gasteiger partial charge in [-0.05, 0) is 11.4 Å². The molecule has 0 bridgehead atoms. The molecule has 0 saturated heterocycles. The Labute approximate surface area is 109 Å². The molecule has 0 atom stereocenters. The van der Waals surface area contributed by atoms with Crippen LogP contribution < -0.4 is 0 Å². The number of nitrogens with one attached hydrogen (secondary N) is 1. The van der Waals surface area contributed by atoms with Crippen molar-refractivity contribution in [3.05, 3.63) is 34.3 Å². The molecule has 7 heteroatoms. The third-order valence-electron chi connectivity index (χ3n) is 2.41. The van der Waals surface area contributed by atoms with Gasteiger partial charge in [0.2, 0.25) is 0 Å². The third kappa shape index (κ3) is 3.14. The molecule has 2 heterocycles. The van der Waals surface area contributed by atoms with E-state index in [-0.39, 0.29) is 5.91 Å². The molecule has 2 aromatic rings. The first-order valence-electron chi connectivity index (χ1n) is 5.47. The van der Waals surface area contributed by atoms with Gasteiger partial charge in [0.1, 0.15) is 0 Å². The normalized spacial score (nSPS) is 10.5. The fourth-order valence-electron chi connectivity index (χ4n) is 1.51. The van der Waals surface area contributed by atoms with Crippen molar-refractivity contribution in [2.75, 3.05) is 20.3 Å². The molecule has 0 aliphatic rings. The quantitative estimate of drug-likeness (QED) is 0.851. The average Bonchev–Trinajstić information content (AvgIpc) is 3.06. The van der Waals surface area contributed by atoms with E-state index < -0.39 is 0 Å². The highest BCUT2D eigenvalue weighted by Gasteiger charge is 2.18. The van der Waals surface area contributed by atoms with Crippen molar-refractivity contribution in [3.8, 4) is 0 Å². The van der Waals surface area contributed by atoms with Crippen LogP contribution in [0.1, 0.15) is 15.4 Å². The second-order valence-corrected chi connectivity index (χ2v) is 4.69. The summed E-state index contributed by atoms with van der Waals surface area (Å²) in [6.07, 6.45) is 1.43. The van der Waals surface area contributed by atoms with Crippen molar-refractivity contribution in [2.24, 2.45) is 0 Å². The number of thiophene rings is 1. The first kappa shape index (κ1) is 12.7. The van der Waals surface area contributed by atoms with Gasteiger partial charge in [-0.3, -0.25) is 4.79 Å². The molecule has 0 aliphatic heterocycles. The Hall–Kier alpha value is -1.73. The van der Waals surface area contributed by atoms with Gasteiger partial charge in [0.15, 0.2) is 5.69 Å². The SMILES string of the molecule is COCCN(Cc1cccs1)C(=O)c1cn[nH]n1. The largest absolute Gasteiger partial charge is 0.383 e. The zero-order chi connectivity index (χ0) is 12.8. The molecule has 2 aromatic heterocycles. The molecule has 1 amide bonds. The predicted molar refractivity (Wildman–Crippen MR) is 67.3 cm³/mol. The number of H-pyrrole nitrogens is 1. The zero-order valence-electron chi connectivity index (χ0n) is 10.00. The van der Waals surface area contributed by atoms with E-state index in [2.05, 4.69) is 15.4 Å². The molecule has 96 valence electrons. The zero-order valence-corrected chi connectivity index (χ0v) is 10.8. The van der Waals surface area contributed by atoms with Crippen LogP contribution >= 0.6 is 11.3 Å². The maximum atomic E-state index is 12.2. The lowest BCUT2D eigenvalue weighted by atomic mass is 10.3. The van der Waals surface area contributed by atoms with Crippen molar-refractivity contribution >= 4 is 17.2 Å². The van der Waals surface area contributed by atoms with Crippen molar-refractivity contribution in [2.45, 2.75) is 6.54 Å². The van der Waals surface area contributed by atoms with Crippen LogP contribution in [0.5, 0.6) is 0 Å². The summed E-state index contributed by atoms with van der Waals surface area (Å²) in [4.78, 5) is 15.0. The molecule has 0 saturated carbocycles. The average molecular weight is 266 g/mol. The van der Waals surface area contributed by atoms with E-state index in [0.29, 0.717) is 25.4 Å². The van der Waals surface area contributed by atoms with Gasteiger partial charge in [-0.25, -0.2) is 0 Å². The number of aromatic nitrogens is 3. The van der Waals surface area contributed by atoms with E-state index in [1.54, 1.807) is 23.3 Å². The highest BCUT2D eigenvalue weighted by atomic mass is 32.1. The summed E-state index contributed by atoms with van der Waals surface area (Å²) in [6.45, 7) is 1.59. The summed E-state index contributed by atoms with van der Waals surface area (Å²) in [5, 5.41) is 11.9. The Balaban J connectivity index is 2.07. The van der Waals surface area contributed by atoms with Crippen molar-refractivity contribution in [1.29, 1.82) is 0 Å². The third-order valence-corrected chi connectivity index (χ3v) is 3.27. The summed E-state index contributed by atoms with van der Waals surface area (Å²) in [7, 11) is 1.61. The number of hydrogen-bond acceptors (Lipinski definition) is 5. The maximum absolute atomic E-state index is 12.2. The highest BCUT2D eigenvalue weighted by molar-refractivity contribution is 7.09. The minimum atomic E-state index is -0.144. The molecule has 1 N–H and O–H groups in total. The minimum absolute atomic E-state index is 0.144. The number of amides is 1. The first-order valence-corrected chi connectivity index (χ1v) is 6.35. The fourth-order valence-corrected chi connectivity index (χ4v) is 2.23. The molecule has 6 nitrogen and oxygen atoms in total. The van der Waals surface area contributed by atoms with E-state index in [1.807, 2.05) is 17.5 Å². The van der Waals surface area contributed by atoms with Crippen LogP contribution in [-0.2, 0) is 11.3 Å². The van der Waals surface area contributed by atoms with E-state index in [4.69, 9.17) is 4.74 Å². The van der Waals surface area contributed by atoms with Gasteiger partial charge in [0, 0.05) is 18.5 Å². The Morgan fingerprint density at radius 3 is 3.11 bits per heavy atom. The molecule has 0 spiro atoms. The Morgan fingerprint density at radius 1 is 1.61 bits per heavy atom. The number of carbonyl (C=O) groups is 1. The number of hydrogen-bond donors (Lipinski definition) is 1. The van der Waals surface area contributed by atoms with Gasteiger partial charge in [-0.1, -0.05) is 6.07 Å². The van der Waals surface area contributed by atoms with Crippen LogP contribution in [0.4, 0.5) is 0 Å². The summed E-state index contributed by atoms with van der Waals surface area (Å²) >= 11 is 1.62. The van der Waals surface area contributed by atoms with Crippen LogP contribution in [0.15, 0.2) is 23.7 Å². The maximum Gasteiger partial charge on any atom is 0.276 e. The summed E-state index contributed by atoms with van der Waals surface area (Å²) in [5.74, 6) is -0.144. The summed E-state index contributed by atoms with van der Waals surface area (Å²) in [5.41, 5.74) is 0.322. The number of carbonyl (C=O) groups excluding carboxylic acids is 1. The standard InChI is InChI=1S/C11H14N4O2S/c1-17-5-4-15(8-9-3-2-6-18-9)11(16)10-7-12-14-13-10/h2-3,6-7H,4-5,8H2,1H3,(H,12,13,14). The monoisotopic (exact) mass is 266 g/mol. The second-order valence-electron chi connectivity index (χ2n) is 3.65. The number of rotatable bonds is 6. The molecule has 18 heavy (non-hydrogen) atoms. The number of ether oxygens (including phenoxy) is 1. The van der Waals surface area contributed by atoms with Gasteiger partial charge in [0.05, 0.1) is 19.3 Å². The molecule has 2 rings (SSSR count). The van der Waals surface area contributed by atoms with Crippen LogP contribution in [-0.4, -0.2) is 46.5 Å². The molecular weight excluding hydrogens is 252 g/mol. The minimum Gasteiger partial charge on any atom is -0.383 e. The van der Waals surface area contributed by atoms with E-state index in [1.165, 1.54) is 6.20 Å². The Morgan fingerprint density at radius 2 is 2.50 bits per heavy atom. The van der Waals surface area contributed by atoms with Gasteiger partial charge in [0.25, 0.3) is 5.91 Å². The molecular formula is C11H14N4O2S. The Kier molecular flexibility index (Phi) is 4.43. The fraction of sp³-hybridized carbons (Fsp3) is 0.364. The number of methoxy groups -OCH3 is 1. The molecule has 0 fully saturated rings. The lowest BCUT2D eigenvalue weighted by Gasteiger charge is -2.20. The molecule has 0 unspecified atom stereocenters. The van der Waals surface area contributed by atoms with E-state index in [9.17, 15) is 4.79 Å².